The lowest BCUT2D eigenvalue weighted by Gasteiger charge is -2.45. The zero-order valence-electron chi connectivity index (χ0n) is 16.6. The summed E-state index contributed by atoms with van der Waals surface area (Å²) in [4.78, 5) is 25.7. The van der Waals surface area contributed by atoms with Crippen molar-refractivity contribution in [3.05, 3.63) is 80.5 Å². The molecule has 6 nitrogen and oxygen atoms in total. The second-order valence-corrected chi connectivity index (χ2v) is 8.14. The number of rotatable bonds is 1. The largest absolute Gasteiger partial charge is 0.494 e. The molecule has 0 amide bonds. The van der Waals surface area contributed by atoms with Crippen LogP contribution < -0.4 is 15.7 Å². The van der Waals surface area contributed by atoms with Crippen molar-refractivity contribution >= 4 is 5.69 Å². The molecule has 1 aromatic heterocycles. The molecule has 0 saturated carbocycles. The second-order valence-electron chi connectivity index (χ2n) is 8.14. The van der Waals surface area contributed by atoms with Crippen LogP contribution in [0.1, 0.15) is 30.0 Å². The number of hydrogen-bond donors (Lipinski definition) is 1. The van der Waals surface area contributed by atoms with E-state index in [9.17, 15) is 14.7 Å². The van der Waals surface area contributed by atoms with Crippen molar-refractivity contribution in [1.82, 2.24) is 13.6 Å². The molecule has 0 bridgehead atoms. The molecule has 6 heteroatoms. The third-order valence-corrected chi connectivity index (χ3v) is 6.73. The number of fused-ring (bicyclic) bond motifs is 4. The number of benzene rings is 2. The monoisotopic (exact) mass is 390 g/mol. The Morgan fingerprint density at radius 1 is 0.897 bits per heavy atom. The number of nitrogens with zero attached hydrogens (tertiary/aromatic N) is 3. The molecule has 1 atom stereocenters. The van der Waals surface area contributed by atoms with E-state index >= 15 is 0 Å². The highest BCUT2D eigenvalue weighted by molar-refractivity contribution is 5.84. The molecule has 2 aromatic carbocycles. The zero-order chi connectivity index (χ0) is 20.3. The van der Waals surface area contributed by atoms with Gasteiger partial charge in [-0.25, -0.2) is 4.79 Å². The van der Waals surface area contributed by atoms with Gasteiger partial charge >= 0.3 is 5.69 Å². The first-order valence-corrected chi connectivity index (χ1v) is 10.0. The lowest BCUT2D eigenvalue weighted by molar-refractivity contribution is 0.262. The van der Waals surface area contributed by atoms with Crippen LogP contribution in [-0.4, -0.2) is 27.3 Å². The summed E-state index contributed by atoms with van der Waals surface area (Å²) in [6.07, 6.45) is 2.11. The van der Waals surface area contributed by atoms with Gasteiger partial charge in [0.1, 0.15) is 11.3 Å². The van der Waals surface area contributed by atoms with E-state index in [0.29, 0.717) is 10.0 Å². The molecule has 1 saturated heterocycles. The van der Waals surface area contributed by atoms with Crippen LogP contribution in [0.5, 0.6) is 5.88 Å². The number of para-hydroxylation sites is 1. The summed E-state index contributed by atoms with van der Waals surface area (Å²) in [6.45, 7) is 1.78. The minimum Gasteiger partial charge on any atom is -0.494 e. The van der Waals surface area contributed by atoms with Gasteiger partial charge in [0, 0.05) is 38.1 Å². The zero-order valence-corrected chi connectivity index (χ0v) is 16.6. The van der Waals surface area contributed by atoms with Crippen LogP contribution in [0.25, 0.3) is 11.1 Å². The predicted molar refractivity (Wildman–Crippen MR) is 113 cm³/mol. The summed E-state index contributed by atoms with van der Waals surface area (Å²) in [6, 6.07) is 16.1. The van der Waals surface area contributed by atoms with Crippen LogP contribution in [0.4, 0.5) is 5.69 Å². The highest BCUT2D eigenvalue weighted by Gasteiger charge is 2.51. The SMILES string of the molecule is Cn1c(O)c(C2c3ccccc3-c3ccccc3[N+]23CCCC3)c(=O)n(C)c1=O. The smallest absolute Gasteiger partial charge is 0.333 e. The molecule has 1 unspecified atom stereocenters. The standard InChI is InChI=1S/C23H23N3O3/c1-24-21(27)19(22(28)25(2)23(24)29)20-17-11-4-3-9-15(17)16-10-5-6-12-18(16)26(20)13-7-8-14-26/h3-6,9-12,20H,7-8,13-14H2,1-2H3/p+1. The van der Waals surface area contributed by atoms with Crippen molar-refractivity contribution in [2.45, 2.75) is 18.9 Å². The maximum Gasteiger partial charge on any atom is 0.333 e. The fourth-order valence-electron chi connectivity index (χ4n) is 5.38. The third kappa shape index (κ3) is 2.26. The molecule has 1 spiro atoms. The number of quaternary nitrogens is 1. The number of aromatic nitrogens is 2. The molecule has 148 valence electrons. The van der Waals surface area contributed by atoms with Gasteiger partial charge in [-0.3, -0.25) is 18.4 Å². The fourth-order valence-corrected chi connectivity index (χ4v) is 5.38. The summed E-state index contributed by atoms with van der Waals surface area (Å²) < 4.78 is 2.88. The van der Waals surface area contributed by atoms with Gasteiger partial charge in [-0.15, -0.1) is 0 Å². The maximum atomic E-state index is 13.3. The van der Waals surface area contributed by atoms with E-state index in [4.69, 9.17) is 0 Å². The first-order chi connectivity index (χ1) is 14.0. The van der Waals surface area contributed by atoms with E-state index < -0.39 is 11.2 Å². The quantitative estimate of drug-likeness (QED) is 0.650. The molecule has 3 aromatic rings. The normalized spacial score (nSPS) is 19.2. The Balaban J connectivity index is 1.93. The van der Waals surface area contributed by atoms with E-state index in [1.165, 1.54) is 29.9 Å². The maximum absolute atomic E-state index is 13.3. The minimum atomic E-state index is -0.520. The molecular formula is C23H24N3O3+. The molecule has 0 radical (unpaired) electrons. The molecule has 1 N–H and O–H groups in total. The van der Waals surface area contributed by atoms with Crippen LogP contribution in [0, 0.1) is 0 Å². The van der Waals surface area contributed by atoms with Gasteiger partial charge in [0.15, 0.2) is 6.04 Å². The number of hydrogen-bond acceptors (Lipinski definition) is 3. The lowest BCUT2D eigenvalue weighted by atomic mass is 9.83. The highest BCUT2D eigenvalue weighted by Crippen LogP contribution is 2.53. The summed E-state index contributed by atoms with van der Waals surface area (Å²) in [5, 5.41) is 11.0. The van der Waals surface area contributed by atoms with E-state index in [2.05, 4.69) is 24.3 Å². The Morgan fingerprint density at radius 2 is 1.52 bits per heavy atom. The molecule has 5 rings (SSSR count). The second kappa shape index (κ2) is 6.19. The van der Waals surface area contributed by atoms with Gasteiger partial charge < -0.3 is 5.11 Å². The van der Waals surface area contributed by atoms with Crippen LogP contribution >= 0.6 is 0 Å². The first kappa shape index (κ1) is 17.9. The van der Waals surface area contributed by atoms with Gasteiger partial charge in [-0.05, 0) is 17.7 Å². The third-order valence-electron chi connectivity index (χ3n) is 6.73. The van der Waals surface area contributed by atoms with Gasteiger partial charge in [-0.2, -0.15) is 0 Å². The van der Waals surface area contributed by atoms with Crippen molar-refractivity contribution < 1.29 is 5.11 Å². The molecular weight excluding hydrogens is 366 g/mol. The van der Waals surface area contributed by atoms with Crippen molar-refractivity contribution in [3.8, 4) is 17.0 Å². The lowest BCUT2D eigenvalue weighted by Crippen LogP contribution is -2.54. The van der Waals surface area contributed by atoms with Gasteiger partial charge in [0.25, 0.3) is 5.56 Å². The van der Waals surface area contributed by atoms with Crippen LogP contribution in [0.2, 0.25) is 0 Å². The Morgan fingerprint density at radius 3 is 2.24 bits per heavy atom. The van der Waals surface area contributed by atoms with Crippen LogP contribution in [0.15, 0.2) is 58.1 Å². The molecule has 2 aliphatic heterocycles. The van der Waals surface area contributed by atoms with E-state index in [1.807, 2.05) is 24.3 Å². The van der Waals surface area contributed by atoms with Crippen molar-refractivity contribution in [3.63, 3.8) is 0 Å². The number of aromatic hydroxyl groups is 1. The highest BCUT2D eigenvalue weighted by atomic mass is 16.3. The first-order valence-electron chi connectivity index (χ1n) is 10.0. The van der Waals surface area contributed by atoms with Crippen molar-refractivity contribution in [1.29, 1.82) is 0 Å². The summed E-state index contributed by atoms with van der Waals surface area (Å²) in [5.74, 6) is -0.235. The Bertz CT molecular complexity index is 1250. The molecule has 1 fully saturated rings. The Hall–Kier alpha value is -3.12. The Labute approximate surface area is 168 Å². The summed E-state index contributed by atoms with van der Waals surface area (Å²) in [7, 11) is 2.99. The summed E-state index contributed by atoms with van der Waals surface area (Å²) >= 11 is 0. The van der Waals surface area contributed by atoms with Gasteiger partial charge in [0.2, 0.25) is 5.88 Å². The van der Waals surface area contributed by atoms with Gasteiger partial charge in [0.05, 0.1) is 13.1 Å². The van der Waals surface area contributed by atoms with Gasteiger partial charge in [-0.1, -0.05) is 36.4 Å². The van der Waals surface area contributed by atoms with E-state index in [0.717, 1.165) is 41.6 Å². The molecule has 29 heavy (non-hydrogen) atoms. The van der Waals surface area contributed by atoms with Crippen LogP contribution in [-0.2, 0) is 14.1 Å². The fraction of sp³-hybridized carbons (Fsp3) is 0.304. The summed E-state index contributed by atoms with van der Waals surface area (Å²) in [5.41, 5.74) is 3.84. The average molecular weight is 390 g/mol. The van der Waals surface area contributed by atoms with E-state index in [-0.39, 0.29) is 11.9 Å². The Kier molecular flexibility index (Phi) is 3.83. The average Bonchev–Trinajstić information content (AvgIpc) is 3.23. The molecule has 3 heterocycles. The predicted octanol–water partition coefficient (Wildman–Crippen LogP) is 2.66. The topological polar surface area (TPSA) is 64.2 Å². The molecule has 0 aliphatic carbocycles. The van der Waals surface area contributed by atoms with Crippen molar-refractivity contribution in [2.24, 2.45) is 14.1 Å². The molecule has 2 aliphatic rings. The van der Waals surface area contributed by atoms with E-state index in [1.54, 1.807) is 0 Å². The van der Waals surface area contributed by atoms with Crippen LogP contribution in [0.3, 0.4) is 0 Å². The minimum absolute atomic E-state index is 0.235. The van der Waals surface area contributed by atoms with Crippen molar-refractivity contribution in [2.75, 3.05) is 13.1 Å².